The number of ether oxygens (including phenoxy) is 1. The second-order valence-electron chi connectivity index (χ2n) is 2.21. The Morgan fingerprint density at radius 3 is 2.20 bits per heavy atom. The number of hydrogen-bond donors (Lipinski definition) is 1. The molecule has 10 heavy (non-hydrogen) atoms. The highest BCUT2D eigenvalue weighted by atomic mass is 19.3. The molecule has 0 fully saturated rings. The van der Waals surface area contributed by atoms with Gasteiger partial charge in [0.05, 0.1) is 7.11 Å². The molecule has 0 aliphatic carbocycles. The lowest BCUT2D eigenvalue weighted by Crippen LogP contribution is -2.78. The van der Waals surface area contributed by atoms with Crippen LogP contribution in [0.3, 0.4) is 0 Å². The van der Waals surface area contributed by atoms with Crippen molar-refractivity contribution in [1.82, 2.24) is 0 Å². The van der Waals surface area contributed by atoms with E-state index < -0.39 is 17.9 Å². The van der Waals surface area contributed by atoms with Crippen molar-refractivity contribution < 1.29 is 24.0 Å². The number of halogens is 2. The van der Waals surface area contributed by atoms with Crippen molar-refractivity contribution in [2.75, 3.05) is 7.11 Å². The first-order chi connectivity index (χ1) is 4.42. The highest BCUT2D eigenvalue weighted by molar-refractivity contribution is 5.78. The minimum Gasteiger partial charge on any atom is -0.464 e. The first-order valence-corrected chi connectivity index (χ1v) is 2.65. The van der Waals surface area contributed by atoms with Crippen LogP contribution in [0, 0.1) is 0 Å². The van der Waals surface area contributed by atoms with Gasteiger partial charge in [0.15, 0.2) is 0 Å². The molecule has 0 saturated heterocycles. The van der Waals surface area contributed by atoms with Crippen LogP contribution in [0.25, 0.3) is 0 Å². The summed E-state index contributed by atoms with van der Waals surface area (Å²) in [5, 5.41) is 0. The van der Waals surface area contributed by atoms with E-state index in [4.69, 9.17) is 0 Å². The average molecular weight is 154 g/mol. The molecular weight excluding hydrogens is 144 g/mol. The molecule has 0 radical (unpaired) electrons. The van der Waals surface area contributed by atoms with E-state index >= 15 is 0 Å². The molecule has 0 amide bonds. The van der Waals surface area contributed by atoms with Crippen LogP contribution in [-0.4, -0.2) is 25.0 Å². The SMILES string of the molecule is COC(=O)C(C)([NH3+])C(F)F. The van der Waals surface area contributed by atoms with Crippen molar-refractivity contribution >= 4 is 5.97 Å². The van der Waals surface area contributed by atoms with Gasteiger partial charge in [0.2, 0.25) is 0 Å². The predicted molar refractivity (Wildman–Crippen MR) is 29.3 cm³/mol. The molecule has 3 N–H and O–H groups in total. The number of methoxy groups -OCH3 is 1. The third-order valence-corrected chi connectivity index (χ3v) is 1.13. The van der Waals surface area contributed by atoms with Crippen LogP contribution >= 0.6 is 0 Å². The Morgan fingerprint density at radius 1 is 1.70 bits per heavy atom. The number of hydrogen-bond acceptors (Lipinski definition) is 2. The van der Waals surface area contributed by atoms with Gasteiger partial charge in [-0.05, 0) is 0 Å². The summed E-state index contributed by atoms with van der Waals surface area (Å²) in [6.07, 6.45) is -2.79. The van der Waals surface area contributed by atoms with Gasteiger partial charge in [0.25, 0.3) is 5.54 Å². The maximum Gasteiger partial charge on any atom is 0.373 e. The van der Waals surface area contributed by atoms with Crippen LogP contribution in [0.2, 0.25) is 0 Å². The Bertz CT molecular complexity index is 136. The topological polar surface area (TPSA) is 53.9 Å². The molecule has 0 aromatic rings. The lowest BCUT2D eigenvalue weighted by Gasteiger charge is -2.15. The molecule has 0 aliphatic heterocycles. The fourth-order valence-electron chi connectivity index (χ4n) is 0.322. The van der Waals surface area contributed by atoms with Gasteiger partial charge < -0.3 is 10.5 Å². The van der Waals surface area contributed by atoms with Crippen LogP contribution in [0.5, 0.6) is 0 Å². The summed E-state index contributed by atoms with van der Waals surface area (Å²) < 4.78 is 27.9. The lowest BCUT2D eigenvalue weighted by atomic mass is 10.1. The van der Waals surface area contributed by atoms with E-state index in [2.05, 4.69) is 10.5 Å². The minimum absolute atomic E-state index is 0.998. The summed E-state index contributed by atoms with van der Waals surface area (Å²) in [6.45, 7) is 1.03. The molecule has 1 atom stereocenters. The molecule has 0 heterocycles. The van der Waals surface area contributed by atoms with Gasteiger partial charge >= 0.3 is 12.4 Å². The lowest BCUT2D eigenvalue weighted by molar-refractivity contribution is -0.479. The van der Waals surface area contributed by atoms with Gasteiger partial charge in [-0.15, -0.1) is 0 Å². The molecule has 0 spiro atoms. The summed E-state index contributed by atoms with van der Waals surface area (Å²) in [4.78, 5) is 10.5. The van der Waals surface area contributed by atoms with Crippen molar-refractivity contribution in [3.05, 3.63) is 0 Å². The Balaban J connectivity index is 4.24. The zero-order valence-corrected chi connectivity index (χ0v) is 5.86. The van der Waals surface area contributed by atoms with Crippen molar-refractivity contribution in [1.29, 1.82) is 0 Å². The molecule has 0 aliphatic rings. The second-order valence-corrected chi connectivity index (χ2v) is 2.21. The first-order valence-electron chi connectivity index (χ1n) is 2.65. The summed E-state index contributed by atoms with van der Waals surface area (Å²) in [6, 6.07) is 0. The first kappa shape index (κ1) is 9.29. The fraction of sp³-hybridized carbons (Fsp3) is 0.800. The van der Waals surface area contributed by atoms with Crippen molar-refractivity contribution in [3.63, 3.8) is 0 Å². The van der Waals surface area contributed by atoms with E-state index in [-0.39, 0.29) is 0 Å². The van der Waals surface area contributed by atoms with Gasteiger partial charge in [-0.25, -0.2) is 13.6 Å². The van der Waals surface area contributed by atoms with Crippen molar-refractivity contribution in [2.24, 2.45) is 0 Å². The number of alkyl halides is 2. The average Bonchev–Trinajstić information content (AvgIpc) is 1.86. The maximum atomic E-state index is 11.9. The van der Waals surface area contributed by atoms with Crippen LogP contribution in [0.1, 0.15) is 6.92 Å². The number of rotatable bonds is 2. The zero-order valence-electron chi connectivity index (χ0n) is 5.86. The van der Waals surface area contributed by atoms with Gasteiger partial charge in [0, 0.05) is 6.92 Å². The molecule has 60 valence electrons. The Labute approximate surface area is 57.1 Å². The molecule has 5 heteroatoms. The monoisotopic (exact) mass is 154 g/mol. The Kier molecular flexibility index (Phi) is 2.71. The highest BCUT2D eigenvalue weighted by Gasteiger charge is 2.44. The molecule has 0 rings (SSSR count). The third-order valence-electron chi connectivity index (χ3n) is 1.13. The number of quaternary nitrogens is 1. The van der Waals surface area contributed by atoms with Gasteiger partial charge in [-0.2, -0.15) is 0 Å². The molecule has 1 unspecified atom stereocenters. The fourth-order valence-corrected chi connectivity index (χ4v) is 0.322. The van der Waals surface area contributed by atoms with Crippen molar-refractivity contribution in [3.8, 4) is 0 Å². The minimum atomic E-state index is -2.79. The van der Waals surface area contributed by atoms with Gasteiger partial charge in [-0.1, -0.05) is 0 Å². The van der Waals surface area contributed by atoms with Crippen LogP contribution in [0.15, 0.2) is 0 Å². The van der Waals surface area contributed by atoms with Crippen LogP contribution in [0.4, 0.5) is 8.78 Å². The highest BCUT2D eigenvalue weighted by Crippen LogP contribution is 2.10. The molecule has 3 nitrogen and oxygen atoms in total. The van der Waals surface area contributed by atoms with E-state index in [1.165, 1.54) is 0 Å². The van der Waals surface area contributed by atoms with Gasteiger partial charge in [0.1, 0.15) is 0 Å². The predicted octanol–water partition coefficient (Wildman–Crippen LogP) is -0.575. The largest absolute Gasteiger partial charge is 0.464 e. The third kappa shape index (κ3) is 1.63. The number of carbonyl (C=O) groups is 1. The zero-order chi connectivity index (χ0) is 8.36. The normalized spacial score (nSPS) is 16.6. The van der Waals surface area contributed by atoms with E-state index in [1.807, 2.05) is 0 Å². The quantitative estimate of drug-likeness (QED) is 0.541. The van der Waals surface area contributed by atoms with Crippen LogP contribution in [-0.2, 0) is 9.53 Å². The molecule has 0 aromatic heterocycles. The molecule has 0 bridgehead atoms. The molecular formula is C5H10F2NO2+. The molecule has 0 aromatic carbocycles. The standard InChI is InChI=1S/C5H9F2NO2/c1-5(8,3(6)7)4(9)10-2/h3H,8H2,1-2H3/p+1. The summed E-state index contributed by atoms with van der Waals surface area (Å²) >= 11 is 0. The smallest absolute Gasteiger partial charge is 0.373 e. The summed E-state index contributed by atoms with van der Waals surface area (Å²) in [5.74, 6) is -0.998. The van der Waals surface area contributed by atoms with E-state index in [0.29, 0.717) is 0 Å². The van der Waals surface area contributed by atoms with E-state index in [1.54, 1.807) is 0 Å². The Hall–Kier alpha value is -0.710. The Morgan fingerprint density at radius 2 is 2.10 bits per heavy atom. The molecule has 0 saturated carbocycles. The summed E-state index contributed by atoms with van der Waals surface area (Å²) in [7, 11) is 1.05. The number of esters is 1. The number of carbonyl (C=O) groups excluding carboxylic acids is 1. The maximum absolute atomic E-state index is 11.9. The van der Waals surface area contributed by atoms with E-state index in [0.717, 1.165) is 14.0 Å². The van der Waals surface area contributed by atoms with Crippen molar-refractivity contribution in [2.45, 2.75) is 18.9 Å². The summed E-state index contributed by atoms with van der Waals surface area (Å²) in [5.41, 5.74) is 1.08. The van der Waals surface area contributed by atoms with Crippen LogP contribution < -0.4 is 5.73 Å². The van der Waals surface area contributed by atoms with Gasteiger partial charge in [-0.3, -0.25) is 0 Å². The second kappa shape index (κ2) is 2.92. The van der Waals surface area contributed by atoms with E-state index in [9.17, 15) is 13.6 Å².